The van der Waals surface area contributed by atoms with Gasteiger partial charge in [0.25, 0.3) is 0 Å². The van der Waals surface area contributed by atoms with E-state index >= 15 is 0 Å². The summed E-state index contributed by atoms with van der Waals surface area (Å²) in [5.41, 5.74) is 7.44. The summed E-state index contributed by atoms with van der Waals surface area (Å²) in [6.07, 6.45) is 1.43. The van der Waals surface area contributed by atoms with Crippen molar-refractivity contribution in [3.8, 4) is 5.69 Å². The zero-order valence-corrected chi connectivity index (χ0v) is 17.3. The quantitative estimate of drug-likeness (QED) is 0.391. The van der Waals surface area contributed by atoms with Crippen LogP contribution in [0.2, 0.25) is 0 Å². The fraction of sp³-hybridized carbons (Fsp3) is 0.174. The van der Waals surface area contributed by atoms with Gasteiger partial charge in [0, 0.05) is 22.6 Å². The standard InChI is InChI=1S/C23H23FN4O2/c1-14-9-15(2)11-19(10-14)26-22(29)23(30)27-25-13-18-12-16(3)28(17(18)4)21-8-6-5-7-20(21)24/h5-13H,1-4H3,(H,26,29)(H,27,30)/b25-13-. The van der Waals surface area contributed by atoms with E-state index < -0.39 is 11.8 Å². The van der Waals surface area contributed by atoms with E-state index in [0.717, 1.165) is 22.5 Å². The van der Waals surface area contributed by atoms with Gasteiger partial charge in [-0.05, 0) is 69.2 Å². The second-order valence-electron chi connectivity index (χ2n) is 7.14. The lowest BCUT2D eigenvalue weighted by atomic mass is 10.1. The first-order valence-corrected chi connectivity index (χ1v) is 9.43. The van der Waals surface area contributed by atoms with Crippen LogP contribution in [0.4, 0.5) is 10.1 Å². The molecule has 0 aliphatic carbocycles. The van der Waals surface area contributed by atoms with E-state index in [0.29, 0.717) is 16.9 Å². The summed E-state index contributed by atoms with van der Waals surface area (Å²) in [4.78, 5) is 24.1. The van der Waals surface area contributed by atoms with Crippen LogP contribution in [0.1, 0.15) is 28.1 Å². The van der Waals surface area contributed by atoms with Gasteiger partial charge in [-0.25, -0.2) is 9.82 Å². The molecule has 6 nitrogen and oxygen atoms in total. The molecule has 30 heavy (non-hydrogen) atoms. The second kappa shape index (κ2) is 8.73. The van der Waals surface area contributed by atoms with Crippen LogP contribution in [-0.4, -0.2) is 22.6 Å². The lowest BCUT2D eigenvalue weighted by Crippen LogP contribution is -2.32. The number of nitrogens with zero attached hydrogens (tertiary/aromatic N) is 2. The Balaban J connectivity index is 1.69. The van der Waals surface area contributed by atoms with Crippen molar-refractivity contribution in [3.63, 3.8) is 0 Å². The van der Waals surface area contributed by atoms with Crippen LogP contribution in [0, 0.1) is 33.5 Å². The monoisotopic (exact) mass is 406 g/mol. The first kappa shape index (κ1) is 21.0. The van der Waals surface area contributed by atoms with Crippen molar-refractivity contribution < 1.29 is 14.0 Å². The van der Waals surface area contributed by atoms with Crippen molar-refractivity contribution in [3.05, 3.63) is 82.4 Å². The van der Waals surface area contributed by atoms with Crippen LogP contribution >= 0.6 is 0 Å². The third kappa shape index (κ3) is 4.63. The molecule has 2 amide bonds. The zero-order valence-electron chi connectivity index (χ0n) is 17.3. The summed E-state index contributed by atoms with van der Waals surface area (Å²) in [5, 5.41) is 6.43. The van der Waals surface area contributed by atoms with E-state index in [1.165, 1.54) is 12.3 Å². The number of halogens is 1. The molecule has 2 N–H and O–H groups in total. The van der Waals surface area contributed by atoms with Crippen molar-refractivity contribution in [2.24, 2.45) is 5.10 Å². The molecule has 3 aromatic rings. The molecule has 0 saturated heterocycles. The van der Waals surface area contributed by atoms with Crippen LogP contribution in [0.5, 0.6) is 0 Å². The van der Waals surface area contributed by atoms with Crippen LogP contribution in [-0.2, 0) is 9.59 Å². The van der Waals surface area contributed by atoms with Crippen molar-refractivity contribution in [1.29, 1.82) is 0 Å². The molecule has 154 valence electrons. The molecule has 0 spiro atoms. The maximum Gasteiger partial charge on any atom is 0.329 e. The molecular formula is C23H23FN4O2. The van der Waals surface area contributed by atoms with E-state index in [4.69, 9.17) is 0 Å². The average Bonchev–Trinajstić information content (AvgIpc) is 2.95. The number of hydrogen-bond donors (Lipinski definition) is 2. The van der Waals surface area contributed by atoms with Gasteiger partial charge in [-0.3, -0.25) is 9.59 Å². The molecule has 0 unspecified atom stereocenters. The molecule has 3 rings (SSSR count). The zero-order chi connectivity index (χ0) is 21.8. The maximum atomic E-state index is 14.2. The van der Waals surface area contributed by atoms with Gasteiger partial charge in [0.05, 0.1) is 11.9 Å². The first-order valence-electron chi connectivity index (χ1n) is 9.43. The number of aryl methyl sites for hydroxylation is 3. The fourth-order valence-corrected chi connectivity index (χ4v) is 3.37. The normalized spacial score (nSPS) is 11.0. The topological polar surface area (TPSA) is 75.5 Å². The summed E-state index contributed by atoms with van der Waals surface area (Å²) >= 11 is 0. The van der Waals surface area contributed by atoms with Gasteiger partial charge >= 0.3 is 11.8 Å². The Kier molecular flexibility index (Phi) is 6.11. The Morgan fingerprint density at radius 3 is 2.30 bits per heavy atom. The molecule has 0 atom stereocenters. The van der Waals surface area contributed by atoms with Gasteiger partial charge in [-0.1, -0.05) is 18.2 Å². The van der Waals surface area contributed by atoms with E-state index in [-0.39, 0.29) is 5.82 Å². The van der Waals surface area contributed by atoms with Crippen LogP contribution in [0.3, 0.4) is 0 Å². The minimum Gasteiger partial charge on any atom is -0.318 e. The lowest BCUT2D eigenvalue weighted by molar-refractivity contribution is -0.136. The molecule has 0 aliphatic heterocycles. The average molecular weight is 406 g/mol. The molecular weight excluding hydrogens is 383 g/mol. The third-order valence-corrected chi connectivity index (χ3v) is 4.62. The second-order valence-corrected chi connectivity index (χ2v) is 7.14. The van der Waals surface area contributed by atoms with Crippen molar-refractivity contribution in [2.75, 3.05) is 5.32 Å². The summed E-state index contributed by atoms with van der Waals surface area (Å²) in [7, 11) is 0. The van der Waals surface area contributed by atoms with Crippen molar-refractivity contribution >= 4 is 23.7 Å². The van der Waals surface area contributed by atoms with Crippen molar-refractivity contribution in [1.82, 2.24) is 9.99 Å². The molecule has 7 heteroatoms. The van der Waals surface area contributed by atoms with E-state index in [9.17, 15) is 14.0 Å². The number of hydrazone groups is 1. The van der Waals surface area contributed by atoms with E-state index in [2.05, 4.69) is 15.8 Å². The van der Waals surface area contributed by atoms with Gasteiger partial charge < -0.3 is 9.88 Å². The summed E-state index contributed by atoms with van der Waals surface area (Å²) in [5.74, 6) is -2.03. The number of carbonyl (C=O) groups excluding carboxylic acids is 2. The van der Waals surface area contributed by atoms with Gasteiger partial charge in [-0.2, -0.15) is 5.10 Å². The van der Waals surface area contributed by atoms with Gasteiger partial charge in [-0.15, -0.1) is 0 Å². The van der Waals surface area contributed by atoms with E-state index in [1.807, 2.05) is 39.8 Å². The number of para-hydroxylation sites is 1. The Morgan fingerprint density at radius 1 is 0.967 bits per heavy atom. The number of nitrogens with one attached hydrogen (secondary N) is 2. The van der Waals surface area contributed by atoms with Crippen LogP contribution < -0.4 is 10.7 Å². The summed E-state index contributed by atoms with van der Waals surface area (Å²) in [6, 6.07) is 13.8. The predicted molar refractivity (Wildman–Crippen MR) is 115 cm³/mol. The highest BCUT2D eigenvalue weighted by Gasteiger charge is 2.15. The van der Waals surface area contributed by atoms with Crippen molar-refractivity contribution in [2.45, 2.75) is 27.7 Å². The van der Waals surface area contributed by atoms with E-state index in [1.54, 1.807) is 34.9 Å². The van der Waals surface area contributed by atoms with Crippen LogP contribution in [0.25, 0.3) is 5.69 Å². The Labute approximate surface area is 174 Å². The third-order valence-electron chi connectivity index (χ3n) is 4.62. The Hall–Kier alpha value is -3.74. The number of benzene rings is 2. The largest absolute Gasteiger partial charge is 0.329 e. The summed E-state index contributed by atoms with van der Waals surface area (Å²) in [6.45, 7) is 7.50. The van der Waals surface area contributed by atoms with Crippen LogP contribution in [0.15, 0.2) is 53.6 Å². The number of carbonyl (C=O) groups is 2. The van der Waals surface area contributed by atoms with Gasteiger partial charge in [0.15, 0.2) is 0 Å². The molecule has 0 saturated carbocycles. The highest BCUT2D eigenvalue weighted by Crippen LogP contribution is 2.21. The Bertz CT molecular complexity index is 1130. The lowest BCUT2D eigenvalue weighted by Gasteiger charge is -2.10. The first-order chi connectivity index (χ1) is 14.3. The fourth-order valence-electron chi connectivity index (χ4n) is 3.37. The molecule has 1 heterocycles. The number of amides is 2. The molecule has 0 fully saturated rings. The molecule has 0 bridgehead atoms. The SMILES string of the molecule is Cc1cc(C)cc(NC(=O)C(=O)N/N=C\c2cc(C)n(-c3ccccc3F)c2C)c1. The minimum absolute atomic E-state index is 0.334. The molecule has 2 aromatic carbocycles. The number of rotatable bonds is 4. The smallest absolute Gasteiger partial charge is 0.318 e. The minimum atomic E-state index is -0.881. The highest BCUT2D eigenvalue weighted by atomic mass is 19.1. The number of anilines is 1. The maximum absolute atomic E-state index is 14.2. The number of aromatic nitrogens is 1. The molecule has 0 aliphatic rings. The van der Waals surface area contributed by atoms with Gasteiger partial charge in [0.2, 0.25) is 0 Å². The number of hydrogen-bond acceptors (Lipinski definition) is 3. The molecule has 1 aromatic heterocycles. The Morgan fingerprint density at radius 2 is 1.63 bits per heavy atom. The summed E-state index contributed by atoms with van der Waals surface area (Å²) < 4.78 is 15.9. The highest BCUT2D eigenvalue weighted by molar-refractivity contribution is 6.39. The predicted octanol–water partition coefficient (Wildman–Crippen LogP) is 3.94. The van der Waals surface area contributed by atoms with Gasteiger partial charge in [0.1, 0.15) is 5.82 Å². The molecule has 0 radical (unpaired) electrons.